The van der Waals surface area contributed by atoms with E-state index in [2.05, 4.69) is 15.3 Å². The lowest BCUT2D eigenvalue weighted by atomic mass is 10.1. The SMILES string of the molecule is Cn1cc(C(=O)NCc2ccnc([C@H]3CCCO3)n2)c2ccccc21. The molecule has 1 atom stereocenters. The number of amides is 1. The molecule has 0 saturated carbocycles. The molecule has 1 fully saturated rings. The van der Waals surface area contributed by atoms with E-state index < -0.39 is 0 Å². The number of fused-ring (bicyclic) bond motifs is 1. The van der Waals surface area contributed by atoms with Crippen molar-refractivity contribution >= 4 is 16.8 Å². The highest BCUT2D eigenvalue weighted by Gasteiger charge is 2.20. The van der Waals surface area contributed by atoms with E-state index in [0.717, 1.165) is 36.0 Å². The van der Waals surface area contributed by atoms with Gasteiger partial charge in [0.2, 0.25) is 0 Å². The van der Waals surface area contributed by atoms with Crippen LogP contribution in [-0.2, 0) is 18.3 Å². The number of rotatable bonds is 4. The second kappa shape index (κ2) is 6.64. The molecule has 0 aliphatic carbocycles. The second-order valence-corrected chi connectivity index (χ2v) is 6.26. The number of nitrogens with zero attached hydrogens (tertiary/aromatic N) is 3. The van der Waals surface area contributed by atoms with Crippen molar-refractivity contribution in [2.24, 2.45) is 7.05 Å². The molecule has 0 bridgehead atoms. The Morgan fingerprint density at radius 2 is 2.24 bits per heavy atom. The average molecular weight is 336 g/mol. The number of para-hydroxylation sites is 1. The van der Waals surface area contributed by atoms with Crippen molar-refractivity contribution in [2.45, 2.75) is 25.5 Å². The summed E-state index contributed by atoms with van der Waals surface area (Å²) in [5.74, 6) is 0.600. The van der Waals surface area contributed by atoms with Crippen molar-refractivity contribution < 1.29 is 9.53 Å². The fraction of sp³-hybridized carbons (Fsp3) is 0.316. The number of carbonyl (C=O) groups excluding carboxylic acids is 1. The van der Waals surface area contributed by atoms with Crippen molar-refractivity contribution in [3.8, 4) is 0 Å². The average Bonchev–Trinajstić information content (AvgIpc) is 3.29. The van der Waals surface area contributed by atoms with E-state index in [9.17, 15) is 4.79 Å². The Hall–Kier alpha value is -2.73. The molecule has 1 aromatic carbocycles. The Balaban J connectivity index is 1.49. The molecule has 1 aliphatic heterocycles. The number of hydrogen-bond donors (Lipinski definition) is 1. The second-order valence-electron chi connectivity index (χ2n) is 6.26. The highest BCUT2D eigenvalue weighted by atomic mass is 16.5. The predicted octanol–water partition coefficient (Wildman–Crippen LogP) is 2.75. The van der Waals surface area contributed by atoms with Crippen LogP contribution in [0, 0.1) is 0 Å². The van der Waals surface area contributed by atoms with Crippen LogP contribution < -0.4 is 5.32 Å². The number of carbonyl (C=O) groups is 1. The first-order chi connectivity index (χ1) is 12.2. The fourth-order valence-corrected chi connectivity index (χ4v) is 3.24. The van der Waals surface area contributed by atoms with Gasteiger partial charge in [-0.15, -0.1) is 0 Å². The predicted molar refractivity (Wildman–Crippen MR) is 94.0 cm³/mol. The molecule has 4 rings (SSSR count). The minimum atomic E-state index is -0.103. The molecule has 6 nitrogen and oxygen atoms in total. The summed E-state index contributed by atoms with van der Waals surface area (Å²) in [6.45, 7) is 1.13. The van der Waals surface area contributed by atoms with Crippen molar-refractivity contribution in [3.05, 3.63) is 59.8 Å². The van der Waals surface area contributed by atoms with Gasteiger partial charge in [0.15, 0.2) is 5.82 Å². The van der Waals surface area contributed by atoms with E-state index in [0.29, 0.717) is 17.9 Å². The molecule has 3 heterocycles. The van der Waals surface area contributed by atoms with Crippen molar-refractivity contribution in [3.63, 3.8) is 0 Å². The number of benzene rings is 1. The Kier molecular flexibility index (Phi) is 4.19. The van der Waals surface area contributed by atoms with Crippen LogP contribution in [0.25, 0.3) is 10.9 Å². The van der Waals surface area contributed by atoms with Gasteiger partial charge in [-0.1, -0.05) is 18.2 Å². The van der Waals surface area contributed by atoms with Crippen LogP contribution in [0.15, 0.2) is 42.7 Å². The van der Waals surface area contributed by atoms with Gasteiger partial charge in [-0.3, -0.25) is 4.79 Å². The van der Waals surface area contributed by atoms with E-state index in [-0.39, 0.29) is 12.0 Å². The Morgan fingerprint density at radius 3 is 3.08 bits per heavy atom. The summed E-state index contributed by atoms with van der Waals surface area (Å²) in [6.07, 6.45) is 5.55. The molecule has 0 radical (unpaired) electrons. The Labute approximate surface area is 145 Å². The summed E-state index contributed by atoms with van der Waals surface area (Å²) in [4.78, 5) is 21.4. The third-order valence-corrected chi connectivity index (χ3v) is 4.52. The lowest BCUT2D eigenvalue weighted by Crippen LogP contribution is -2.23. The van der Waals surface area contributed by atoms with Gasteiger partial charge in [0.05, 0.1) is 17.8 Å². The summed E-state index contributed by atoms with van der Waals surface area (Å²) in [5, 5.41) is 3.90. The molecule has 3 aromatic rings. The molecule has 1 aliphatic rings. The van der Waals surface area contributed by atoms with Crippen LogP contribution in [0.2, 0.25) is 0 Å². The van der Waals surface area contributed by atoms with Crippen molar-refractivity contribution in [1.82, 2.24) is 19.9 Å². The van der Waals surface area contributed by atoms with Crippen LogP contribution in [0.5, 0.6) is 0 Å². The number of hydrogen-bond acceptors (Lipinski definition) is 4. The molecule has 1 amide bonds. The molecule has 0 unspecified atom stereocenters. The monoisotopic (exact) mass is 336 g/mol. The standard InChI is InChI=1S/C19H20N4O2/c1-23-12-15(14-5-2-3-6-16(14)23)19(24)21-11-13-8-9-20-18(22-13)17-7-4-10-25-17/h2-3,5-6,8-9,12,17H,4,7,10-11H2,1H3,(H,21,24)/t17-/m1/s1. The van der Waals surface area contributed by atoms with Gasteiger partial charge in [0.1, 0.15) is 6.10 Å². The van der Waals surface area contributed by atoms with Crippen molar-refractivity contribution in [1.29, 1.82) is 0 Å². The highest BCUT2D eigenvalue weighted by molar-refractivity contribution is 6.06. The zero-order valence-electron chi connectivity index (χ0n) is 14.1. The lowest BCUT2D eigenvalue weighted by Gasteiger charge is -2.09. The zero-order chi connectivity index (χ0) is 17.2. The molecule has 1 N–H and O–H groups in total. The Morgan fingerprint density at radius 1 is 1.36 bits per heavy atom. The molecule has 25 heavy (non-hydrogen) atoms. The molecule has 1 saturated heterocycles. The van der Waals surface area contributed by atoms with E-state index in [4.69, 9.17) is 4.74 Å². The minimum absolute atomic E-state index is 0.0197. The van der Waals surface area contributed by atoms with Crippen LogP contribution in [0.1, 0.15) is 40.8 Å². The lowest BCUT2D eigenvalue weighted by molar-refractivity contribution is 0.0951. The third kappa shape index (κ3) is 3.13. The summed E-state index contributed by atoms with van der Waals surface area (Å²) < 4.78 is 7.59. The number of ether oxygens (including phenoxy) is 1. The zero-order valence-corrected chi connectivity index (χ0v) is 14.1. The third-order valence-electron chi connectivity index (χ3n) is 4.52. The largest absolute Gasteiger partial charge is 0.370 e. The van der Waals surface area contributed by atoms with E-state index in [1.165, 1.54) is 0 Å². The maximum Gasteiger partial charge on any atom is 0.253 e. The van der Waals surface area contributed by atoms with Gasteiger partial charge < -0.3 is 14.6 Å². The number of aryl methyl sites for hydroxylation is 1. The summed E-state index contributed by atoms with van der Waals surface area (Å²) in [5.41, 5.74) is 2.50. The van der Waals surface area contributed by atoms with Gasteiger partial charge in [0, 0.05) is 37.0 Å². The van der Waals surface area contributed by atoms with Gasteiger partial charge in [-0.2, -0.15) is 0 Å². The molecular weight excluding hydrogens is 316 g/mol. The fourth-order valence-electron chi connectivity index (χ4n) is 3.24. The molecular formula is C19H20N4O2. The van der Waals surface area contributed by atoms with Gasteiger partial charge in [-0.25, -0.2) is 9.97 Å². The molecule has 6 heteroatoms. The normalized spacial score (nSPS) is 17.1. The number of nitrogens with one attached hydrogen (secondary N) is 1. The molecule has 2 aromatic heterocycles. The summed E-state index contributed by atoms with van der Waals surface area (Å²) in [7, 11) is 1.94. The number of aromatic nitrogens is 3. The summed E-state index contributed by atoms with van der Waals surface area (Å²) >= 11 is 0. The first kappa shape index (κ1) is 15.8. The van der Waals surface area contributed by atoms with E-state index in [1.807, 2.05) is 48.1 Å². The van der Waals surface area contributed by atoms with Crippen molar-refractivity contribution in [2.75, 3.05) is 6.61 Å². The van der Waals surface area contributed by atoms with E-state index >= 15 is 0 Å². The molecule has 0 spiro atoms. The summed E-state index contributed by atoms with van der Waals surface area (Å²) in [6, 6.07) is 9.70. The van der Waals surface area contributed by atoms with Crippen LogP contribution >= 0.6 is 0 Å². The first-order valence-corrected chi connectivity index (χ1v) is 8.48. The van der Waals surface area contributed by atoms with Gasteiger partial charge in [0.25, 0.3) is 5.91 Å². The van der Waals surface area contributed by atoms with Crippen LogP contribution in [-0.4, -0.2) is 27.0 Å². The minimum Gasteiger partial charge on any atom is -0.370 e. The highest BCUT2D eigenvalue weighted by Crippen LogP contribution is 2.25. The quantitative estimate of drug-likeness (QED) is 0.795. The van der Waals surface area contributed by atoms with Gasteiger partial charge >= 0.3 is 0 Å². The maximum absolute atomic E-state index is 12.6. The Bertz CT molecular complexity index is 913. The smallest absolute Gasteiger partial charge is 0.253 e. The topological polar surface area (TPSA) is 69.0 Å². The first-order valence-electron chi connectivity index (χ1n) is 8.48. The van der Waals surface area contributed by atoms with Crippen LogP contribution in [0.3, 0.4) is 0 Å². The maximum atomic E-state index is 12.6. The molecule has 128 valence electrons. The van der Waals surface area contributed by atoms with Gasteiger partial charge in [-0.05, 0) is 25.0 Å². The van der Waals surface area contributed by atoms with Crippen LogP contribution in [0.4, 0.5) is 0 Å². The van der Waals surface area contributed by atoms with E-state index in [1.54, 1.807) is 6.20 Å².